The number of amides is 1. The van der Waals surface area contributed by atoms with Crippen molar-refractivity contribution in [3.8, 4) is 0 Å². The molecule has 0 N–H and O–H groups in total. The second-order valence-corrected chi connectivity index (χ2v) is 5.37. The molecular weight excluding hydrogens is 190 g/mol. The fraction of sp³-hybridized carbons (Fsp3) is 0.917. The van der Waals surface area contributed by atoms with Gasteiger partial charge in [0.1, 0.15) is 0 Å². The molecule has 0 radical (unpaired) electrons. The molecule has 0 aromatic rings. The highest BCUT2D eigenvalue weighted by molar-refractivity contribution is 5.67. The number of fused-ring (bicyclic) bond motifs is 1. The van der Waals surface area contributed by atoms with Crippen molar-refractivity contribution in [3.05, 3.63) is 0 Å². The normalized spacial score (nSPS) is 34.7. The number of ether oxygens (including phenoxy) is 1. The van der Waals surface area contributed by atoms with E-state index in [0.29, 0.717) is 0 Å². The van der Waals surface area contributed by atoms with Gasteiger partial charge in [-0.25, -0.2) is 4.79 Å². The third-order valence-corrected chi connectivity index (χ3v) is 4.16. The zero-order valence-corrected chi connectivity index (χ0v) is 9.90. The van der Waals surface area contributed by atoms with Crippen LogP contribution in [-0.4, -0.2) is 31.2 Å². The van der Waals surface area contributed by atoms with Gasteiger partial charge in [-0.3, -0.25) is 0 Å². The van der Waals surface area contributed by atoms with Gasteiger partial charge in [-0.2, -0.15) is 0 Å². The molecule has 1 saturated heterocycles. The van der Waals surface area contributed by atoms with E-state index in [4.69, 9.17) is 4.74 Å². The molecule has 1 unspecified atom stereocenters. The summed E-state index contributed by atoms with van der Waals surface area (Å²) in [6, 6.07) is 0. The maximum Gasteiger partial charge on any atom is 0.409 e. The predicted octanol–water partition coefficient (Wildman–Crippen LogP) is 2.37. The second-order valence-electron chi connectivity index (χ2n) is 5.37. The van der Waals surface area contributed by atoms with Gasteiger partial charge < -0.3 is 9.64 Å². The maximum atomic E-state index is 11.4. The number of carbonyl (C=O) groups excluding carboxylic acids is 1. The lowest BCUT2D eigenvalue weighted by atomic mass is 9.93. The van der Waals surface area contributed by atoms with Crippen LogP contribution < -0.4 is 0 Å². The summed E-state index contributed by atoms with van der Waals surface area (Å²) < 4.78 is 4.76. The van der Waals surface area contributed by atoms with Crippen molar-refractivity contribution in [1.29, 1.82) is 0 Å². The van der Waals surface area contributed by atoms with Crippen LogP contribution in [0.25, 0.3) is 0 Å². The molecule has 1 aliphatic heterocycles. The number of hydrogen-bond donors (Lipinski definition) is 0. The van der Waals surface area contributed by atoms with Crippen LogP contribution in [0.5, 0.6) is 0 Å². The highest BCUT2D eigenvalue weighted by Gasteiger charge is 2.43. The SMILES string of the molecule is COC(=O)N1C[C@H]2CC(C(C)C)C[C@H]2C1. The lowest BCUT2D eigenvalue weighted by molar-refractivity contribution is 0.128. The summed E-state index contributed by atoms with van der Waals surface area (Å²) in [4.78, 5) is 13.2. The van der Waals surface area contributed by atoms with Crippen molar-refractivity contribution in [3.63, 3.8) is 0 Å². The van der Waals surface area contributed by atoms with Gasteiger partial charge in [-0.1, -0.05) is 13.8 Å². The van der Waals surface area contributed by atoms with Gasteiger partial charge in [0.15, 0.2) is 0 Å². The van der Waals surface area contributed by atoms with E-state index in [1.807, 2.05) is 4.90 Å². The molecule has 3 nitrogen and oxygen atoms in total. The minimum Gasteiger partial charge on any atom is -0.453 e. The third kappa shape index (κ3) is 1.97. The molecule has 1 saturated carbocycles. The topological polar surface area (TPSA) is 29.5 Å². The molecule has 86 valence electrons. The highest BCUT2D eigenvalue weighted by Crippen LogP contribution is 2.44. The molecule has 2 aliphatic rings. The smallest absolute Gasteiger partial charge is 0.409 e. The predicted molar refractivity (Wildman–Crippen MR) is 58.5 cm³/mol. The van der Waals surface area contributed by atoms with E-state index in [0.717, 1.165) is 36.8 Å². The first-order valence-electron chi connectivity index (χ1n) is 5.94. The van der Waals surface area contributed by atoms with Crippen LogP contribution in [0.3, 0.4) is 0 Å². The van der Waals surface area contributed by atoms with Crippen LogP contribution in [0, 0.1) is 23.7 Å². The highest BCUT2D eigenvalue weighted by atomic mass is 16.5. The Morgan fingerprint density at radius 2 is 1.80 bits per heavy atom. The molecule has 2 rings (SSSR count). The molecule has 15 heavy (non-hydrogen) atoms. The molecule has 0 aromatic heterocycles. The Hall–Kier alpha value is -0.730. The number of likely N-dealkylation sites (tertiary alicyclic amines) is 1. The first-order valence-corrected chi connectivity index (χ1v) is 5.94. The summed E-state index contributed by atoms with van der Waals surface area (Å²) in [5.41, 5.74) is 0. The van der Waals surface area contributed by atoms with Crippen molar-refractivity contribution < 1.29 is 9.53 Å². The standard InChI is InChI=1S/C12H21NO2/c1-8(2)9-4-10-6-13(12(14)15-3)7-11(10)5-9/h8-11H,4-7H2,1-3H3/t9?,10-,11+. The summed E-state index contributed by atoms with van der Waals surface area (Å²) in [6.45, 7) is 6.45. The van der Waals surface area contributed by atoms with E-state index in [9.17, 15) is 4.79 Å². The fourth-order valence-electron chi connectivity index (χ4n) is 3.17. The van der Waals surface area contributed by atoms with Gasteiger partial charge in [0.25, 0.3) is 0 Å². The van der Waals surface area contributed by atoms with Gasteiger partial charge >= 0.3 is 6.09 Å². The second kappa shape index (κ2) is 4.03. The van der Waals surface area contributed by atoms with Crippen molar-refractivity contribution in [2.45, 2.75) is 26.7 Å². The molecule has 3 heteroatoms. The van der Waals surface area contributed by atoms with Crippen LogP contribution in [0.2, 0.25) is 0 Å². The molecule has 3 atom stereocenters. The Bertz CT molecular complexity index is 238. The first kappa shape index (κ1) is 10.8. The number of carbonyl (C=O) groups is 1. The first-order chi connectivity index (χ1) is 7.11. The summed E-state index contributed by atoms with van der Waals surface area (Å²) in [6.07, 6.45) is 2.46. The summed E-state index contributed by atoms with van der Waals surface area (Å²) in [5, 5.41) is 0. The number of nitrogens with zero attached hydrogens (tertiary/aromatic N) is 1. The van der Waals surface area contributed by atoms with Crippen LogP contribution in [0.1, 0.15) is 26.7 Å². The Kier molecular flexibility index (Phi) is 2.89. The monoisotopic (exact) mass is 211 g/mol. The van der Waals surface area contributed by atoms with Crippen molar-refractivity contribution in [2.75, 3.05) is 20.2 Å². The van der Waals surface area contributed by atoms with Crippen molar-refractivity contribution in [2.24, 2.45) is 23.7 Å². The third-order valence-electron chi connectivity index (χ3n) is 4.16. The molecule has 0 spiro atoms. The number of methoxy groups -OCH3 is 1. The van der Waals surface area contributed by atoms with Gasteiger partial charge in [-0.05, 0) is 36.5 Å². The maximum absolute atomic E-state index is 11.4. The summed E-state index contributed by atoms with van der Waals surface area (Å²) in [5.74, 6) is 3.13. The van der Waals surface area contributed by atoms with E-state index < -0.39 is 0 Å². The van der Waals surface area contributed by atoms with Gasteiger partial charge in [0.2, 0.25) is 0 Å². The van der Waals surface area contributed by atoms with E-state index in [1.165, 1.54) is 20.0 Å². The van der Waals surface area contributed by atoms with Crippen LogP contribution in [0.15, 0.2) is 0 Å². The lowest BCUT2D eigenvalue weighted by Gasteiger charge is -2.19. The summed E-state index contributed by atoms with van der Waals surface area (Å²) >= 11 is 0. The van der Waals surface area contributed by atoms with Gasteiger partial charge in [0.05, 0.1) is 7.11 Å². The number of hydrogen-bond acceptors (Lipinski definition) is 2. The Morgan fingerprint density at radius 3 is 2.20 bits per heavy atom. The van der Waals surface area contributed by atoms with Gasteiger partial charge in [0, 0.05) is 13.1 Å². The van der Waals surface area contributed by atoms with Crippen LogP contribution in [-0.2, 0) is 4.74 Å². The van der Waals surface area contributed by atoms with Crippen LogP contribution >= 0.6 is 0 Å². The largest absolute Gasteiger partial charge is 0.453 e. The molecule has 2 fully saturated rings. The fourth-order valence-corrected chi connectivity index (χ4v) is 3.17. The molecule has 1 amide bonds. The van der Waals surface area contributed by atoms with Gasteiger partial charge in [-0.15, -0.1) is 0 Å². The van der Waals surface area contributed by atoms with E-state index >= 15 is 0 Å². The zero-order chi connectivity index (χ0) is 11.0. The minimum atomic E-state index is -0.148. The van der Waals surface area contributed by atoms with E-state index in [-0.39, 0.29) is 6.09 Å². The minimum absolute atomic E-state index is 0.148. The lowest BCUT2D eigenvalue weighted by Crippen LogP contribution is -2.29. The molecular formula is C12H21NO2. The molecule has 0 bridgehead atoms. The Balaban J connectivity index is 1.90. The van der Waals surface area contributed by atoms with Crippen LogP contribution in [0.4, 0.5) is 4.79 Å². The zero-order valence-electron chi connectivity index (χ0n) is 9.90. The average molecular weight is 211 g/mol. The molecule has 1 aliphatic carbocycles. The van der Waals surface area contributed by atoms with E-state index in [1.54, 1.807) is 0 Å². The molecule has 0 aromatic carbocycles. The van der Waals surface area contributed by atoms with E-state index in [2.05, 4.69) is 13.8 Å². The Labute approximate surface area is 91.8 Å². The van der Waals surface area contributed by atoms with Crippen molar-refractivity contribution >= 4 is 6.09 Å². The van der Waals surface area contributed by atoms with Crippen molar-refractivity contribution in [1.82, 2.24) is 4.90 Å². The molecule has 1 heterocycles. The average Bonchev–Trinajstić information content (AvgIpc) is 2.72. The number of rotatable bonds is 1. The Morgan fingerprint density at radius 1 is 1.27 bits per heavy atom. The quantitative estimate of drug-likeness (QED) is 0.666. The summed E-state index contributed by atoms with van der Waals surface area (Å²) in [7, 11) is 1.47.